The van der Waals surface area contributed by atoms with Gasteiger partial charge >= 0.3 is 17.8 Å². The Balaban J connectivity index is 3.28. The van der Waals surface area contributed by atoms with Crippen LogP contribution in [0.5, 0.6) is 0 Å². The predicted octanol–water partition coefficient (Wildman–Crippen LogP) is 1.74. The average Bonchev–Trinajstić information content (AvgIpc) is 2.26. The number of rotatable bonds is 4. The van der Waals surface area contributed by atoms with E-state index in [9.17, 15) is 19.7 Å². The molecule has 0 heterocycles. The number of carbonyl (C=O) groups excluding carboxylic acids is 1. The largest absolute Gasteiger partial charge is 0.511 e. The fourth-order valence-electron chi connectivity index (χ4n) is 2.22. The second kappa shape index (κ2) is 5.32. The Hall–Kier alpha value is -2.38. The zero-order chi connectivity index (χ0) is 15.6. The van der Waals surface area contributed by atoms with Crippen molar-refractivity contribution in [2.45, 2.75) is 32.1 Å². The number of carboxylic acid groups (broad SMARTS) is 1. The summed E-state index contributed by atoms with van der Waals surface area (Å²) in [6, 6.07) is 0. The highest BCUT2D eigenvalue weighted by Gasteiger charge is 2.59. The quantitative estimate of drug-likeness (QED) is 0.362. The second-order valence-corrected chi connectivity index (χ2v) is 4.80. The van der Waals surface area contributed by atoms with E-state index in [0.29, 0.717) is 0 Å². The van der Waals surface area contributed by atoms with Gasteiger partial charge in [-0.05, 0) is 13.8 Å². The number of carbonyl (C=O) groups is 2. The van der Waals surface area contributed by atoms with Gasteiger partial charge in [-0.3, -0.25) is 14.9 Å². The van der Waals surface area contributed by atoms with Crippen molar-refractivity contribution < 1.29 is 29.1 Å². The maximum atomic E-state index is 11.3. The van der Waals surface area contributed by atoms with E-state index in [1.54, 1.807) is 0 Å². The van der Waals surface area contributed by atoms with E-state index in [-0.39, 0.29) is 0 Å². The van der Waals surface area contributed by atoms with Gasteiger partial charge in [0.1, 0.15) is 11.5 Å². The van der Waals surface area contributed by atoms with Crippen molar-refractivity contribution in [3.05, 3.63) is 34.4 Å². The predicted molar refractivity (Wildman–Crippen MR) is 66.5 cm³/mol. The van der Waals surface area contributed by atoms with Crippen LogP contribution in [0, 0.1) is 16.0 Å². The molecule has 1 N–H and O–H groups in total. The molecule has 0 fully saturated rings. The van der Waals surface area contributed by atoms with Gasteiger partial charge in [-0.15, -0.1) is 0 Å². The first-order valence-corrected chi connectivity index (χ1v) is 5.74. The van der Waals surface area contributed by atoms with E-state index in [1.807, 2.05) is 0 Å². The Kier molecular flexibility index (Phi) is 4.17. The first kappa shape index (κ1) is 15.7. The van der Waals surface area contributed by atoms with Gasteiger partial charge in [0.2, 0.25) is 0 Å². The van der Waals surface area contributed by atoms with Crippen LogP contribution in [0.3, 0.4) is 0 Å². The Morgan fingerprint density at radius 1 is 1.40 bits per heavy atom. The van der Waals surface area contributed by atoms with E-state index in [0.717, 1.165) is 13.0 Å². The highest BCUT2D eigenvalue weighted by Crippen LogP contribution is 2.39. The molecule has 1 aliphatic rings. The van der Waals surface area contributed by atoms with Crippen molar-refractivity contribution in [2.24, 2.45) is 5.92 Å². The number of hydrogen-bond donors (Lipinski definition) is 1. The molecular formula is C12H15NO7. The van der Waals surface area contributed by atoms with Gasteiger partial charge < -0.3 is 14.6 Å². The fourth-order valence-corrected chi connectivity index (χ4v) is 2.22. The maximum Gasteiger partial charge on any atom is 0.511 e. The third-order valence-electron chi connectivity index (χ3n) is 2.89. The smallest absolute Gasteiger partial charge is 0.459 e. The molecular weight excluding hydrogens is 270 g/mol. The summed E-state index contributed by atoms with van der Waals surface area (Å²) in [5.74, 6) is -1.74. The summed E-state index contributed by atoms with van der Waals surface area (Å²) in [7, 11) is 0. The SMILES string of the molecule is CC(=O)OC(C)(C)C1C=CC=CC1(OC(=O)O)[N+](=O)[O-]. The minimum absolute atomic E-state index is 0.634. The van der Waals surface area contributed by atoms with Gasteiger partial charge in [-0.2, -0.15) is 0 Å². The van der Waals surface area contributed by atoms with Crippen LogP contribution in [0.15, 0.2) is 24.3 Å². The Labute approximate surface area is 114 Å². The molecule has 0 aromatic carbocycles. The van der Waals surface area contributed by atoms with Gasteiger partial charge in [0.15, 0.2) is 0 Å². The molecule has 0 saturated carbocycles. The summed E-state index contributed by atoms with van der Waals surface area (Å²) in [5.41, 5.74) is -3.66. The summed E-state index contributed by atoms with van der Waals surface area (Å²) in [6.07, 6.45) is 3.44. The van der Waals surface area contributed by atoms with Crippen LogP contribution >= 0.6 is 0 Å². The van der Waals surface area contributed by atoms with Crippen molar-refractivity contribution >= 4 is 12.1 Å². The fraction of sp³-hybridized carbons (Fsp3) is 0.500. The number of nitrogens with zero attached hydrogens (tertiary/aromatic N) is 1. The Morgan fingerprint density at radius 3 is 2.45 bits per heavy atom. The molecule has 8 heteroatoms. The highest BCUT2D eigenvalue weighted by atomic mass is 16.7. The second-order valence-electron chi connectivity index (χ2n) is 4.80. The van der Waals surface area contributed by atoms with Crippen molar-refractivity contribution in [1.82, 2.24) is 0 Å². The molecule has 0 bridgehead atoms. The topological polar surface area (TPSA) is 116 Å². The van der Waals surface area contributed by atoms with E-state index >= 15 is 0 Å². The van der Waals surface area contributed by atoms with Crippen molar-refractivity contribution in [1.29, 1.82) is 0 Å². The molecule has 1 aliphatic carbocycles. The molecule has 0 spiro atoms. The lowest BCUT2D eigenvalue weighted by molar-refractivity contribution is -0.618. The van der Waals surface area contributed by atoms with Crippen LogP contribution in [0.1, 0.15) is 20.8 Å². The lowest BCUT2D eigenvalue weighted by Crippen LogP contribution is -2.56. The zero-order valence-corrected chi connectivity index (χ0v) is 11.2. The molecule has 2 unspecified atom stereocenters. The van der Waals surface area contributed by atoms with Crippen molar-refractivity contribution in [2.75, 3.05) is 0 Å². The van der Waals surface area contributed by atoms with Crippen LogP contribution in [-0.2, 0) is 14.3 Å². The van der Waals surface area contributed by atoms with E-state index in [4.69, 9.17) is 9.84 Å². The molecule has 20 heavy (non-hydrogen) atoms. The van der Waals surface area contributed by atoms with Crippen LogP contribution in [-0.4, -0.2) is 33.5 Å². The van der Waals surface area contributed by atoms with Crippen LogP contribution in [0.2, 0.25) is 0 Å². The minimum atomic E-state index is -2.33. The monoisotopic (exact) mass is 285 g/mol. The molecule has 0 radical (unpaired) electrons. The Morgan fingerprint density at radius 2 is 2.00 bits per heavy atom. The summed E-state index contributed by atoms with van der Waals surface area (Å²) < 4.78 is 9.57. The highest BCUT2D eigenvalue weighted by molar-refractivity contribution is 5.66. The zero-order valence-electron chi connectivity index (χ0n) is 11.2. The molecule has 0 aromatic rings. The van der Waals surface area contributed by atoms with Gasteiger partial charge in [0.05, 0.1) is 4.92 Å². The normalized spacial score (nSPS) is 25.1. The van der Waals surface area contributed by atoms with Gasteiger partial charge in [0, 0.05) is 13.0 Å². The molecule has 8 nitrogen and oxygen atoms in total. The average molecular weight is 285 g/mol. The number of esters is 1. The molecule has 110 valence electrons. The van der Waals surface area contributed by atoms with E-state index in [2.05, 4.69) is 4.74 Å². The summed E-state index contributed by atoms with van der Waals surface area (Å²) in [6.45, 7) is 4.06. The van der Waals surface area contributed by atoms with Gasteiger partial charge in [-0.25, -0.2) is 4.79 Å². The molecule has 0 amide bonds. The van der Waals surface area contributed by atoms with Gasteiger partial charge in [-0.1, -0.05) is 18.2 Å². The third-order valence-corrected chi connectivity index (χ3v) is 2.89. The van der Waals surface area contributed by atoms with E-state index in [1.165, 1.54) is 32.1 Å². The molecule has 2 atom stereocenters. The van der Waals surface area contributed by atoms with Crippen LogP contribution in [0.4, 0.5) is 4.79 Å². The van der Waals surface area contributed by atoms with Crippen LogP contribution in [0.25, 0.3) is 0 Å². The Bertz CT molecular complexity index is 494. The molecule has 0 aliphatic heterocycles. The van der Waals surface area contributed by atoms with Crippen molar-refractivity contribution in [3.8, 4) is 0 Å². The van der Waals surface area contributed by atoms with Gasteiger partial charge in [0.25, 0.3) is 0 Å². The van der Waals surface area contributed by atoms with Crippen LogP contribution < -0.4 is 0 Å². The maximum absolute atomic E-state index is 11.3. The lowest BCUT2D eigenvalue weighted by atomic mass is 9.79. The summed E-state index contributed by atoms with van der Waals surface area (Å²) in [4.78, 5) is 32.4. The minimum Gasteiger partial charge on any atom is -0.459 e. The molecule has 0 saturated heterocycles. The summed E-state index contributed by atoms with van der Waals surface area (Å²) >= 11 is 0. The summed E-state index contributed by atoms with van der Waals surface area (Å²) in [5, 5.41) is 20.1. The number of nitro groups is 1. The third kappa shape index (κ3) is 2.95. The van der Waals surface area contributed by atoms with Crippen molar-refractivity contribution in [3.63, 3.8) is 0 Å². The lowest BCUT2D eigenvalue weighted by Gasteiger charge is -2.38. The number of allylic oxidation sites excluding steroid dienone is 2. The first-order chi connectivity index (χ1) is 9.12. The van der Waals surface area contributed by atoms with E-state index < -0.39 is 34.3 Å². The molecule has 1 rings (SSSR count). The molecule has 0 aromatic heterocycles. The first-order valence-electron chi connectivity index (χ1n) is 5.74. The number of hydrogen-bond acceptors (Lipinski definition) is 6. The standard InChI is InChI=1S/C12H15NO7/c1-8(14)19-11(2,3)9-6-4-5-7-12(9,13(17)18)20-10(15)16/h4-7,9H,1-3H3,(H,15,16). The number of ether oxygens (including phenoxy) is 2.